The van der Waals surface area contributed by atoms with Gasteiger partial charge in [0.2, 0.25) is 0 Å². The Labute approximate surface area is 127 Å². The molecule has 1 fully saturated rings. The van der Waals surface area contributed by atoms with Gasteiger partial charge in [-0.15, -0.1) is 0 Å². The summed E-state index contributed by atoms with van der Waals surface area (Å²) in [6.07, 6.45) is 7.85. The molecule has 3 heteroatoms. The zero-order valence-corrected chi connectivity index (χ0v) is 15.4. The Morgan fingerprint density at radius 2 is 1.47 bits per heavy atom. The lowest BCUT2D eigenvalue weighted by atomic mass is 9.96. The Hall–Kier alpha value is 0.320. The minimum absolute atomic E-state index is 0.113. The van der Waals surface area contributed by atoms with Crippen LogP contribution < -0.4 is 5.32 Å². The molecule has 1 rings (SSSR count). The average Bonchev–Trinajstić information content (AvgIpc) is 2.24. The molecule has 0 bridgehead atoms. The highest BCUT2D eigenvalue weighted by atomic mass is 32.1. The van der Waals surface area contributed by atoms with Gasteiger partial charge in [-0.1, -0.05) is 80.9 Å². The molecular formula is C16H32NPS. The normalized spacial score (nSPS) is 18.7. The first-order chi connectivity index (χ1) is 8.60. The Balaban J connectivity index is 2.56. The Bertz CT molecular complexity index is 281. The fraction of sp³-hybridized carbons (Fsp3) is 0.938. The predicted molar refractivity (Wildman–Crippen MR) is 93.9 cm³/mol. The number of rotatable bonds is 3. The molecule has 0 saturated heterocycles. The second-order valence-electron chi connectivity index (χ2n) is 7.83. The van der Waals surface area contributed by atoms with Crippen molar-refractivity contribution in [1.82, 2.24) is 5.32 Å². The van der Waals surface area contributed by atoms with Crippen molar-refractivity contribution in [2.24, 2.45) is 0 Å². The maximum absolute atomic E-state index is 5.65. The van der Waals surface area contributed by atoms with Gasteiger partial charge in [-0.2, -0.15) is 0 Å². The van der Waals surface area contributed by atoms with Crippen molar-refractivity contribution >= 4 is 25.1 Å². The molecule has 0 heterocycles. The largest absolute Gasteiger partial charge is 0.377 e. The fourth-order valence-corrected chi connectivity index (χ4v) is 7.04. The monoisotopic (exact) mass is 301 g/mol. The first-order valence-electron chi connectivity index (χ1n) is 7.68. The molecule has 0 unspecified atom stereocenters. The summed E-state index contributed by atoms with van der Waals surface area (Å²) in [4.78, 5) is 1.11. The van der Waals surface area contributed by atoms with Crippen LogP contribution in [0.25, 0.3) is 0 Å². The third-order valence-electron chi connectivity index (χ3n) is 3.89. The van der Waals surface area contributed by atoms with Crippen LogP contribution >= 0.6 is 20.1 Å². The summed E-state index contributed by atoms with van der Waals surface area (Å²) < 4.78 is 0. The summed E-state index contributed by atoms with van der Waals surface area (Å²) in [6.45, 7) is 14.2. The van der Waals surface area contributed by atoms with E-state index in [-0.39, 0.29) is 7.92 Å². The zero-order valence-electron chi connectivity index (χ0n) is 13.7. The minimum Gasteiger partial charge on any atom is -0.377 e. The van der Waals surface area contributed by atoms with Crippen molar-refractivity contribution < 1.29 is 0 Å². The lowest BCUT2D eigenvalue weighted by Gasteiger charge is -2.42. The summed E-state index contributed by atoms with van der Waals surface area (Å²) in [5.41, 5.74) is 0. The highest BCUT2D eigenvalue weighted by molar-refractivity contribution is 7.81. The van der Waals surface area contributed by atoms with E-state index in [0.29, 0.717) is 16.4 Å². The van der Waals surface area contributed by atoms with Gasteiger partial charge in [0, 0.05) is 12.2 Å². The van der Waals surface area contributed by atoms with Crippen molar-refractivity contribution in [2.45, 2.75) is 90.0 Å². The third-order valence-corrected chi connectivity index (χ3v) is 8.24. The molecule has 19 heavy (non-hydrogen) atoms. The number of hydrogen-bond acceptors (Lipinski definition) is 1. The van der Waals surface area contributed by atoms with Gasteiger partial charge in [0.1, 0.15) is 0 Å². The molecule has 0 atom stereocenters. The highest BCUT2D eigenvalue weighted by Crippen LogP contribution is 2.58. The molecule has 1 aliphatic rings. The number of nitrogens with one attached hydrogen (secondary N) is 1. The van der Waals surface area contributed by atoms with Gasteiger partial charge < -0.3 is 5.32 Å². The lowest BCUT2D eigenvalue weighted by molar-refractivity contribution is 0.414. The second kappa shape index (κ2) is 6.85. The molecular weight excluding hydrogens is 269 g/mol. The molecule has 0 aromatic heterocycles. The van der Waals surface area contributed by atoms with Crippen molar-refractivity contribution in [3.05, 3.63) is 0 Å². The van der Waals surface area contributed by atoms with Gasteiger partial charge in [0.15, 0.2) is 0 Å². The highest BCUT2D eigenvalue weighted by Gasteiger charge is 2.34. The molecule has 0 amide bonds. The molecule has 0 spiro atoms. The van der Waals surface area contributed by atoms with Gasteiger partial charge in [-0.25, -0.2) is 0 Å². The zero-order chi connectivity index (χ0) is 14.7. The maximum atomic E-state index is 5.65. The van der Waals surface area contributed by atoms with Crippen molar-refractivity contribution in [2.75, 3.05) is 6.16 Å². The van der Waals surface area contributed by atoms with Crippen LogP contribution in [0.15, 0.2) is 0 Å². The molecule has 0 aromatic carbocycles. The van der Waals surface area contributed by atoms with Crippen LogP contribution in [-0.4, -0.2) is 27.5 Å². The van der Waals surface area contributed by atoms with Crippen LogP contribution in [0.5, 0.6) is 0 Å². The van der Waals surface area contributed by atoms with E-state index in [1.165, 1.54) is 32.1 Å². The van der Waals surface area contributed by atoms with E-state index in [9.17, 15) is 0 Å². The molecule has 1 aliphatic carbocycles. The predicted octanol–water partition coefficient (Wildman–Crippen LogP) is 5.32. The molecule has 1 saturated carbocycles. The molecule has 0 aliphatic heterocycles. The van der Waals surface area contributed by atoms with Gasteiger partial charge in [-0.3, -0.25) is 0 Å². The van der Waals surface area contributed by atoms with E-state index < -0.39 is 0 Å². The van der Waals surface area contributed by atoms with Crippen molar-refractivity contribution in [1.29, 1.82) is 0 Å². The van der Waals surface area contributed by atoms with Gasteiger partial charge in [-0.05, 0) is 23.2 Å². The molecule has 1 nitrogen and oxygen atoms in total. The maximum Gasteiger partial charge on any atom is 0.0799 e. The quantitative estimate of drug-likeness (QED) is 0.559. The minimum atomic E-state index is -0.113. The first kappa shape index (κ1) is 17.4. The summed E-state index contributed by atoms with van der Waals surface area (Å²) in [7, 11) is -0.113. The van der Waals surface area contributed by atoms with E-state index in [1.807, 2.05) is 0 Å². The summed E-state index contributed by atoms with van der Waals surface area (Å²) >= 11 is 5.65. The average molecular weight is 301 g/mol. The van der Waals surface area contributed by atoms with Crippen molar-refractivity contribution in [3.8, 4) is 0 Å². The van der Waals surface area contributed by atoms with E-state index in [0.717, 1.165) is 11.2 Å². The number of thiocarbonyl (C=S) groups is 1. The smallest absolute Gasteiger partial charge is 0.0799 e. The molecule has 1 N–H and O–H groups in total. The third kappa shape index (κ3) is 6.08. The summed E-state index contributed by atoms with van der Waals surface area (Å²) in [5.74, 6) is 0. The molecule has 0 radical (unpaired) electrons. The first-order valence-corrected chi connectivity index (χ1v) is 9.61. The van der Waals surface area contributed by atoms with E-state index >= 15 is 0 Å². The van der Waals surface area contributed by atoms with Gasteiger partial charge in [0.05, 0.1) is 4.99 Å². The van der Waals surface area contributed by atoms with Crippen LogP contribution in [0.2, 0.25) is 0 Å². The van der Waals surface area contributed by atoms with Crippen LogP contribution in [0.1, 0.15) is 73.6 Å². The van der Waals surface area contributed by atoms with Gasteiger partial charge in [0.25, 0.3) is 0 Å². The van der Waals surface area contributed by atoms with E-state index in [4.69, 9.17) is 12.2 Å². The van der Waals surface area contributed by atoms with Crippen LogP contribution in [0, 0.1) is 0 Å². The molecule has 112 valence electrons. The Morgan fingerprint density at radius 3 is 1.89 bits per heavy atom. The SMILES string of the molecule is CC(C)(C)P(CC(=S)NC1CCCCC1)C(C)(C)C. The topological polar surface area (TPSA) is 12.0 Å². The number of hydrogen-bond donors (Lipinski definition) is 1. The van der Waals surface area contributed by atoms with E-state index in [1.54, 1.807) is 0 Å². The molecule has 0 aromatic rings. The van der Waals surface area contributed by atoms with Crippen LogP contribution in [0.3, 0.4) is 0 Å². The van der Waals surface area contributed by atoms with Crippen molar-refractivity contribution in [3.63, 3.8) is 0 Å². The fourth-order valence-electron chi connectivity index (χ4n) is 3.14. The van der Waals surface area contributed by atoms with Crippen LogP contribution in [0.4, 0.5) is 0 Å². The standard InChI is InChI=1S/C16H32NPS/c1-15(2,3)18(16(4,5)6)12-14(19)17-13-10-8-7-9-11-13/h13H,7-12H2,1-6H3,(H,17,19). The Morgan fingerprint density at radius 1 is 1.00 bits per heavy atom. The lowest BCUT2D eigenvalue weighted by Crippen LogP contribution is -2.39. The summed E-state index contributed by atoms with van der Waals surface area (Å²) in [5, 5.41) is 4.38. The van der Waals surface area contributed by atoms with Crippen LogP contribution in [-0.2, 0) is 0 Å². The van der Waals surface area contributed by atoms with E-state index in [2.05, 4.69) is 46.9 Å². The second-order valence-corrected chi connectivity index (χ2v) is 12.2. The summed E-state index contributed by atoms with van der Waals surface area (Å²) in [6, 6.07) is 0.651. The van der Waals surface area contributed by atoms with Gasteiger partial charge >= 0.3 is 0 Å². The Kier molecular flexibility index (Phi) is 6.27.